The van der Waals surface area contributed by atoms with Crippen molar-refractivity contribution in [2.45, 2.75) is 39.1 Å². The van der Waals surface area contributed by atoms with E-state index in [1.807, 2.05) is 0 Å². The van der Waals surface area contributed by atoms with E-state index >= 15 is 0 Å². The van der Waals surface area contributed by atoms with Crippen LogP contribution in [-0.4, -0.2) is 13.1 Å². The lowest BCUT2D eigenvalue weighted by atomic mass is 10.0. The lowest BCUT2D eigenvalue weighted by Crippen LogP contribution is -2.33. The summed E-state index contributed by atoms with van der Waals surface area (Å²) in [7, 11) is 2.18. The zero-order chi connectivity index (χ0) is 12.3. The average molecular weight is 284 g/mol. The standard InChI is InChI=1S/C14H22BrN/c1-10(2)12(4)16(5)14-7-6-11(3)8-13(14)9-15/h6-8,10,12H,9H2,1-5H3. The van der Waals surface area contributed by atoms with Gasteiger partial charge in [0.05, 0.1) is 0 Å². The highest BCUT2D eigenvalue weighted by Crippen LogP contribution is 2.26. The first-order valence-corrected chi connectivity index (χ1v) is 6.97. The molecule has 1 rings (SSSR count). The largest absolute Gasteiger partial charge is 0.371 e. The van der Waals surface area contributed by atoms with Crippen molar-refractivity contribution in [2.24, 2.45) is 5.92 Å². The summed E-state index contributed by atoms with van der Waals surface area (Å²) in [5, 5.41) is 0.916. The number of anilines is 1. The zero-order valence-electron chi connectivity index (χ0n) is 10.9. The third-order valence-electron chi connectivity index (χ3n) is 3.33. The molecule has 0 aliphatic carbocycles. The van der Waals surface area contributed by atoms with Crippen LogP contribution < -0.4 is 4.90 Å². The van der Waals surface area contributed by atoms with Gasteiger partial charge in [-0.25, -0.2) is 0 Å². The third-order valence-corrected chi connectivity index (χ3v) is 3.94. The topological polar surface area (TPSA) is 3.24 Å². The van der Waals surface area contributed by atoms with Crippen molar-refractivity contribution >= 4 is 21.6 Å². The van der Waals surface area contributed by atoms with Crippen LogP contribution in [0.25, 0.3) is 0 Å². The molecule has 90 valence electrons. The molecule has 0 amide bonds. The van der Waals surface area contributed by atoms with Crippen molar-refractivity contribution in [3.63, 3.8) is 0 Å². The van der Waals surface area contributed by atoms with Crippen LogP contribution in [0, 0.1) is 12.8 Å². The van der Waals surface area contributed by atoms with E-state index in [4.69, 9.17) is 0 Å². The summed E-state index contributed by atoms with van der Waals surface area (Å²) in [6, 6.07) is 7.23. The minimum absolute atomic E-state index is 0.556. The van der Waals surface area contributed by atoms with E-state index in [1.165, 1.54) is 16.8 Å². The van der Waals surface area contributed by atoms with Gasteiger partial charge in [-0.05, 0) is 31.4 Å². The normalized spacial score (nSPS) is 12.9. The molecule has 0 bridgehead atoms. The molecule has 16 heavy (non-hydrogen) atoms. The van der Waals surface area contributed by atoms with E-state index in [1.54, 1.807) is 0 Å². The third kappa shape index (κ3) is 3.00. The van der Waals surface area contributed by atoms with Crippen LogP contribution in [-0.2, 0) is 5.33 Å². The summed E-state index contributed by atoms with van der Waals surface area (Å²) in [4.78, 5) is 2.38. The molecule has 0 aliphatic heterocycles. The van der Waals surface area contributed by atoms with Crippen molar-refractivity contribution in [3.05, 3.63) is 29.3 Å². The molecule has 0 heterocycles. The number of alkyl halides is 1. The van der Waals surface area contributed by atoms with Gasteiger partial charge in [-0.1, -0.05) is 47.5 Å². The molecule has 0 radical (unpaired) electrons. The van der Waals surface area contributed by atoms with Crippen molar-refractivity contribution in [2.75, 3.05) is 11.9 Å². The summed E-state index contributed by atoms with van der Waals surface area (Å²) < 4.78 is 0. The van der Waals surface area contributed by atoms with Crippen molar-refractivity contribution in [3.8, 4) is 0 Å². The molecule has 1 aromatic rings. The first kappa shape index (κ1) is 13.6. The van der Waals surface area contributed by atoms with Crippen LogP contribution in [0.15, 0.2) is 18.2 Å². The van der Waals surface area contributed by atoms with Gasteiger partial charge in [0.25, 0.3) is 0 Å². The molecule has 0 fully saturated rings. The first-order valence-electron chi connectivity index (χ1n) is 5.85. The van der Waals surface area contributed by atoms with Gasteiger partial charge in [0, 0.05) is 24.1 Å². The molecular weight excluding hydrogens is 262 g/mol. The van der Waals surface area contributed by atoms with Gasteiger partial charge in [-0.2, -0.15) is 0 Å². The molecule has 2 heteroatoms. The summed E-state index contributed by atoms with van der Waals surface area (Å²) >= 11 is 3.57. The van der Waals surface area contributed by atoms with E-state index < -0.39 is 0 Å². The van der Waals surface area contributed by atoms with E-state index in [0.717, 1.165) is 5.33 Å². The van der Waals surface area contributed by atoms with Gasteiger partial charge >= 0.3 is 0 Å². The van der Waals surface area contributed by atoms with Gasteiger partial charge in [-0.15, -0.1) is 0 Å². The Kier molecular flexibility index (Phi) is 4.85. The molecule has 0 saturated carbocycles. The summed E-state index contributed by atoms with van der Waals surface area (Å²) in [5.41, 5.74) is 4.03. The van der Waals surface area contributed by atoms with Gasteiger partial charge in [0.15, 0.2) is 0 Å². The Morgan fingerprint density at radius 3 is 2.38 bits per heavy atom. The smallest absolute Gasteiger partial charge is 0.0407 e. The fourth-order valence-electron chi connectivity index (χ4n) is 1.83. The number of rotatable bonds is 4. The fraction of sp³-hybridized carbons (Fsp3) is 0.571. The van der Waals surface area contributed by atoms with Crippen LogP contribution in [0.2, 0.25) is 0 Å². The second kappa shape index (κ2) is 5.72. The molecule has 0 saturated heterocycles. The Balaban J connectivity index is 3.03. The molecule has 1 atom stereocenters. The SMILES string of the molecule is Cc1ccc(N(C)C(C)C(C)C)c(CBr)c1. The second-order valence-electron chi connectivity index (χ2n) is 4.86. The number of nitrogens with zero attached hydrogens (tertiary/aromatic N) is 1. The lowest BCUT2D eigenvalue weighted by molar-refractivity contribution is 0.505. The van der Waals surface area contributed by atoms with Gasteiger partial charge in [0.2, 0.25) is 0 Å². The van der Waals surface area contributed by atoms with Crippen molar-refractivity contribution in [1.29, 1.82) is 0 Å². The Labute approximate surface area is 108 Å². The minimum atomic E-state index is 0.556. The Morgan fingerprint density at radius 2 is 1.88 bits per heavy atom. The van der Waals surface area contributed by atoms with Crippen molar-refractivity contribution in [1.82, 2.24) is 0 Å². The van der Waals surface area contributed by atoms with E-state index in [2.05, 4.69) is 73.8 Å². The molecule has 1 unspecified atom stereocenters. The molecule has 0 spiro atoms. The van der Waals surface area contributed by atoms with E-state index in [0.29, 0.717) is 12.0 Å². The molecule has 0 aromatic heterocycles. The summed E-state index contributed by atoms with van der Waals surface area (Å²) in [5.74, 6) is 0.662. The van der Waals surface area contributed by atoms with E-state index in [-0.39, 0.29) is 0 Å². The maximum atomic E-state index is 3.57. The second-order valence-corrected chi connectivity index (χ2v) is 5.42. The van der Waals surface area contributed by atoms with Crippen LogP contribution in [0.4, 0.5) is 5.69 Å². The number of halogens is 1. The quantitative estimate of drug-likeness (QED) is 0.742. The Hall–Kier alpha value is -0.500. The fourth-order valence-corrected chi connectivity index (χ4v) is 2.28. The van der Waals surface area contributed by atoms with Gasteiger partial charge in [0.1, 0.15) is 0 Å². The molecule has 0 N–H and O–H groups in total. The lowest BCUT2D eigenvalue weighted by Gasteiger charge is -2.31. The van der Waals surface area contributed by atoms with Crippen LogP contribution in [0.1, 0.15) is 31.9 Å². The molecule has 1 nitrogen and oxygen atoms in total. The molecule has 1 aromatic carbocycles. The van der Waals surface area contributed by atoms with Gasteiger partial charge < -0.3 is 4.90 Å². The van der Waals surface area contributed by atoms with Crippen LogP contribution in [0.5, 0.6) is 0 Å². The number of hydrogen-bond donors (Lipinski definition) is 0. The average Bonchev–Trinajstić information content (AvgIpc) is 2.26. The summed E-state index contributed by atoms with van der Waals surface area (Å²) in [6.45, 7) is 8.96. The van der Waals surface area contributed by atoms with E-state index in [9.17, 15) is 0 Å². The Morgan fingerprint density at radius 1 is 1.25 bits per heavy atom. The Bertz CT molecular complexity index is 347. The van der Waals surface area contributed by atoms with Crippen LogP contribution >= 0.6 is 15.9 Å². The highest BCUT2D eigenvalue weighted by molar-refractivity contribution is 9.08. The molecular formula is C14H22BrN. The van der Waals surface area contributed by atoms with Gasteiger partial charge in [-0.3, -0.25) is 0 Å². The maximum absolute atomic E-state index is 3.57. The first-order chi connectivity index (χ1) is 7.47. The van der Waals surface area contributed by atoms with Crippen LogP contribution in [0.3, 0.4) is 0 Å². The predicted molar refractivity (Wildman–Crippen MR) is 76.5 cm³/mol. The monoisotopic (exact) mass is 283 g/mol. The minimum Gasteiger partial charge on any atom is -0.371 e. The predicted octanol–water partition coefficient (Wildman–Crippen LogP) is 4.37. The highest BCUT2D eigenvalue weighted by Gasteiger charge is 2.15. The molecule has 0 aliphatic rings. The number of aryl methyl sites for hydroxylation is 1. The number of benzene rings is 1. The summed E-state index contributed by atoms with van der Waals surface area (Å²) in [6.07, 6.45) is 0. The zero-order valence-corrected chi connectivity index (χ0v) is 12.5. The maximum Gasteiger partial charge on any atom is 0.0407 e. The highest BCUT2D eigenvalue weighted by atomic mass is 79.9. The van der Waals surface area contributed by atoms with Crippen molar-refractivity contribution < 1.29 is 0 Å². The number of hydrogen-bond acceptors (Lipinski definition) is 1.